The summed E-state index contributed by atoms with van der Waals surface area (Å²) in [6, 6.07) is 4.92. The molecule has 0 saturated carbocycles. The van der Waals surface area contributed by atoms with Crippen LogP contribution >= 0.6 is 23.2 Å². The SMILES string of the molecule is CC(NC(=O)c1cnn(-c2ccc(C(F)(F)F)cn2)c1C(F)(F)F)c1ccc(Cl)cc1Cl. The number of nitrogens with zero attached hydrogens (tertiary/aromatic N) is 3. The van der Waals surface area contributed by atoms with E-state index in [2.05, 4.69) is 15.4 Å². The first-order valence-corrected chi connectivity index (χ1v) is 9.49. The third-order valence-electron chi connectivity index (χ3n) is 4.35. The van der Waals surface area contributed by atoms with E-state index in [0.717, 1.165) is 6.07 Å². The largest absolute Gasteiger partial charge is 0.434 e. The molecule has 0 radical (unpaired) electrons. The maximum absolute atomic E-state index is 13.7. The standard InChI is InChI=1S/C19H12Cl2F6N4O/c1-9(12-4-3-11(20)6-14(12)21)30-17(32)13-8-29-31(16(13)19(25,26)27)15-5-2-10(7-28-15)18(22,23)24/h2-9H,1H3,(H,30,32). The molecular weight excluding hydrogens is 485 g/mol. The lowest BCUT2D eigenvalue weighted by Crippen LogP contribution is -2.29. The number of halogens is 8. The summed E-state index contributed by atoms with van der Waals surface area (Å²) in [6.45, 7) is 1.50. The van der Waals surface area contributed by atoms with E-state index in [-0.39, 0.29) is 9.70 Å². The molecule has 5 nitrogen and oxygen atoms in total. The first-order valence-electron chi connectivity index (χ1n) is 8.73. The Morgan fingerprint density at radius 3 is 2.25 bits per heavy atom. The Morgan fingerprint density at radius 2 is 1.72 bits per heavy atom. The smallest absolute Gasteiger partial charge is 0.345 e. The molecule has 3 rings (SSSR count). The molecule has 13 heteroatoms. The van der Waals surface area contributed by atoms with Crippen LogP contribution in [0.3, 0.4) is 0 Å². The van der Waals surface area contributed by atoms with Crippen molar-refractivity contribution in [2.24, 2.45) is 0 Å². The molecule has 2 aromatic heterocycles. The molecule has 0 fully saturated rings. The summed E-state index contributed by atoms with van der Waals surface area (Å²) in [5, 5.41) is 6.45. The van der Waals surface area contributed by atoms with Crippen molar-refractivity contribution in [2.45, 2.75) is 25.3 Å². The molecule has 0 spiro atoms. The highest BCUT2D eigenvalue weighted by Crippen LogP contribution is 2.35. The van der Waals surface area contributed by atoms with Crippen LogP contribution in [0.5, 0.6) is 0 Å². The first kappa shape index (κ1) is 23.9. The molecule has 1 amide bonds. The number of nitrogens with one attached hydrogen (secondary N) is 1. The fourth-order valence-corrected chi connectivity index (χ4v) is 3.42. The highest BCUT2D eigenvalue weighted by Gasteiger charge is 2.41. The molecule has 1 atom stereocenters. The Hall–Kier alpha value is -2.79. The summed E-state index contributed by atoms with van der Waals surface area (Å²) in [6.07, 6.45) is -8.74. The minimum absolute atomic E-state index is 0.200. The van der Waals surface area contributed by atoms with Gasteiger partial charge in [0, 0.05) is 16.2 Å². The van der Waals surface area contributed by atoms with Gasteiger partial charge < -0.3 is 5.32 Å². The normalized spacial score (nSPS) is 13.2. The zero-order valence-electron chi connectivity index (χ0n) is 15.9. The third-order valence-corrected chi connectivity index (χ3v) is 4.91. The molecule has 0 aliphatic carbocycles. The van der Waals surface area contributed by atoms with Crippen molar-refractivity contribution >= 4 is 29.1 Å². The van der Waals surface area contributed by atoms with Crippen molar-refractivity contribution in [3.8, 4) is 5.82 Å². The number of benzene rings is 1. The number of alkyl halides is 6. The monoisotopic (exact) mass is 496 g/mol. The van der Waals surface area contributed by atoms with Crippen molar-refractivity contribution in [1.29, 1.82) is 0 Å². The molecular formula is C19H12Cl2F6N4O. The van der Waals surface area contributed by atoms with Gasteiger partial charge in [0.15, 0.2) is 11.5 Å². The molecule has 1 N–H and O–H groups in total. The fourth-order valence-electron chi connectivity index (χ4n) is 2.84. The molecule has 2 heterocycles. The van der Waals surface area contributed by atoms with Crippen LogP contribution in [0.15, 0.2) is 42.7 Å². The Kier molecular flexibility index (Phi) is 6.43. The van der Waals surface area contributed by atoms with Crippen LogP contribution in [0, 0.1) is 0 Å². The Balaban J connectivity index is 1.95. The number of rotatable bonds is 4. The molecule has 32 heavy (non-hydrogen) atoms. The number of carbonyl (C=O) groups is 1. The Bertz CT molecular complexity index is 1140. The summed E-state index contributed by atoms with van der Waals surface area (Å²) in [4.78, 5) is 16.0. The van der Waals surface area contributed by atoms with E-state index >= 15 is 0 Å². The van der Waals surface area contributed by atoms with Crippen molar-refractivity contribution < 1.29 is 31.1 Å². The number of pyridine rings is 1. The van der Waals surface area contributed by atoms with Crippen molar-refractivity contribution in [1.82, 2.24) is 20.1 Å². The van der Waals surface area contributed by atoms with Gasteiger partial charge in [-0.25, -0.2) is 9.67 Å². The van der Waals surface area contributed by atoms with E-state index < -0.39 is 46.9 Å². The summed E-state index contributed by atoms with van der Waals surface area (Å²) in [7, 11) is 0. The lowest BCUT2D eigenvalue weighted by Gasteiger charge is -2.17. The number of hydrogen-bond acceptors (Lipinski definition) is 3. The van der Waals surface area contributed by atoms with Gasteiger partial charge in [-0.1, -0.05) is 29.3 Å². The van der Waals surface area contributed by atoms with Gasteiger partial charge in [0.25, 0.3) is 5.91 Å². The van der Waals surface area contributed by atoms with Crippen molar-refractivity contribution in [2.75, 3.05) is 0 Å². The van der Waals surface area contributed by atoms with E-state index in [0.29, 0.717) is 29.0 Å². The van der Waals surface area contributed by atoms with Crippen molar-refractivity contribution in [3.63, 3.8) is 0 Å². The highest BCUT2D eigenvalue weighted by molar-refractivity contribution is 6.35. The first-order chi connectivity index (χ1) is 14.8. The number of amides is 1. The number of hydrogen-bond donors (Lipinski definition) is 1. The van der Waals surface area contributed by atoms with Gasteiger partial charge in [-0.2, -0.15) is 31.4 Å². The van der Waals surface area contributed by atoms with E-state index in [1.54, 1.807) is 0 Å². The van der Waals surface area contributed by atoms with Crippen LogP contribution < -0.4 is 5.32 Å². The van der Waals surface area contributed by atoms with Gasteiger partial charge in [0.1, 0.15) is 0 Å². The van der Waals surface area contributed by atoms with E-state index in [1.165, 1.54) is 25.1 Å². The van der Waals surface area contributed by atoms with Gasteiger partial charge in [-0.3, -0.25) is 4.79 Å². The summed E-state index contributed by atoms with van der Waals surface area (Å²) < 4.78 is 79.6. The van der Waals surface area contributed by atoms with Gasteiger partial charge >= 0.3 is 12.4 Å². The molecule has 1 unspecified atom stereocenters. The highest BCUT2D eigenvalue weighted by atomic mass is 35.5. The van der Waals surface area contributed by atoms with Crippen LogP contribution in [-0.4, -0.2) is 20.7 Å². The van der Waals surface area contributed by atoms with Crippen LogP contribution in [-0.2, 0) is 12.4 Å². The average molecular weight is 497 g/mol. The van der Waals surface area contributed by atoms with Gasteiger partial charge in [-0.05, 0) is 36.8 Å². The second kappa shape index (κ2) is 8.62. The minimum atomic E-state index is -5.06. The molecule has 0 saturated heterocycles. The quantitative estimate of drug-likeness (QED) is 0.443. The van der Waals surface area contributed by atoms with Crippen LogP contribution in [0.1, 0.15) is 40.1 Å². The number of aromatic nitrogens is 3. The second-order valence-corrected chi connectivity index (χ2v) is 7.42. The Morgan fingerprint density at radius 1 is 1.03 bits per heavy atom. The number of carbonyl (C=O) groups excluding carboxylic acids is 1. The molecule has 170 valence electrons. The predicted molar refractivity (Wildman–Crippen MR) is 104 cm³/mol. The van der Waals surface area contributed by atoms with E-state index in [9.17, 15) is 31.1 Å². The molecule has 0 aliphatic heterocycles. The van der Waals surface area contributed by atoms with E-state index in [1.807, 2.05) is 0 Å². The zero-order chi connectivity index (χ0) is 23.8. The Labute approximate surface area is 187 Å². The second-order valence-electron chi connectivity index (χ2n) is 6.58. The summed E-state index contributed by atoms with van der Waals surface area (Å²) in [5.41, 5.74) is -3.06. The lowest BCUT2D eigenvalue weighted by atomic mass is 10.1. The molecule has 1 aromatic carbocycles. The third kappa shape index (κ3) is 4.99. The molecule has 0 bridgehead atoms. The van der Waals surface area contributed by atoms with Gasteiger partial charge in [0.05, 0.1) is 23.4 Å². The van der Waals surface area contributed by atoms with Gasteiger partial charge in [-0.15, -0.1) is 0 Å². The summed E-state index contributed by atoms with van der Waals surface area (Å²) in [5.74, 6) is -1.66. The fraction of sp³-hybridized carbons (Fsp3) is 0.211. The molecule has 3 aromatic rings. The van der Waals surface area contributed by atoms with Gasteiger partial charge in [0.2, 0.25) is 0 Å². The van der Waals surface area contributed by atoms with Crippen LogP contribution in [0.2, 0.25) is 10.0 Å². The van der Waals surface area contributed by atoms with Crippen LogP contribution in [0.4, 0.5) is 26.3 Å². The zero-order valence-corrected chi connectivity index (χ0v) is 17.4. The topological polar surface area (TPSA) is 59.8 Å². The van der Waals surface area contributed by atoms with E-state index in [4.69, 9.17) is 23.2 Å². The lowest BCUT2D eigenvalue weighted by molar-refractivity contribution is -0.143. The summed E-state index contributed by atoms with van der Waals surface area (Å²) >= 11 is 11.9. The minimum Gasteiger partial charge on any atom is -0.345 e. The average Bonchev–Trinajstić information content (AvgIpc) is 3.13. The van der Waals surface area contributed by atoms with Crippen LogP contribution in [0.25, 0.3) is 5.82 Å². The maximum atomic E-state index is 13.7. The van der Waals surface area contributed by atoms with Crippen molar-refractivity contribution in [3.05, 3.63) is 75.2 Å². The molecule has 0 aliphatic rings. The maximum Gasteiger partial charge on any atom is 0.434 e. The predicted octanol–water partition coefficient (Wildman–Crippen LogP) is 6.10.